The Labute approximate surface area is 181 Å². The van der Waals surface area contributed by atoms with Gasteiger partial charge >= 0.3 is 0 Å². The van der Waals surface area contributed by atoms with E-state index in [-0.39, 0.29) is 5.39 Å². The van der Waals surface area contributed by atoms with Gasteiger partial charge in [-0.05, 0) is 42.8 Å². The summed E-state index contributed by atoms with van der Waals surface area (Å²) in [6, 6.07) is 9.07. The van der Waals surface area contributed by atoms with Crippen LogP contribution < -0.4 is 21.5 Å². The Balaban J connectivity index is 1.71. The van der Waals surface area contributed by atoms with Crippen LogP contribution >= 0.6 is 0 Å². The zero-order valence-electron chi connectivity index (χ0n) is 17.1. The van der Waals surface area contributed by atoms with Crippen molar-refractivity contribution in [3.8, 4) is 5.69 Å². The van der Waals surface area contributed by atoms with E-state index in [1.165, 1.54) is 41.2 Å². The highest BCUT2D eigenvalue weighted by Crippen LogP contribution is 2.33. The summed E-state index contributed by atoms with van der Waals surface area (Å²) in [7, 11) is 0. The predicted octanol–water partition coefficient (Wildman–Crippen LogP) is 3.81. The van der Waals surface area contributed by atoms with E-state index in [1.54, 1.807) is 6.07 Å². The van der Waals surface area contributed by atoms with Gasteiger partial charge in [-0.1, -0.05) is 13.0 Å². The van der Waals surface area contributed by atoms with E-state index in [9.17, 15) is 13.6 Å². The van der Waals surface area contributed by atoms with Crippen molar-refractivity contribution < 1.29 is 8.78 Å². The van der Waals surface area contributed by atoms with Crippen LogP contribution in [-0.2, 0) is 0 Å². The molecule has 5 rings (SSSR count). The van der Waals surface area contributed by atoms with Crippen LogP contribution in [0.3, 0.4) is 0 Å². The number of anilines is 3. The first-order chi connectivity index (χ1) is 15.5. The molecule has 0 fully saturated rings. The van der Waals surface area contributed by atoms with Crippen molar-refractivity contribution in [1.29, 1.82) is 0 Å². The van der Waals surface area contributed by atoms with Crippen molar-refractivity contribution in [2.45, 2.75) is 19.4 Å². The number of aromatic nitrogens is 4. The predicted molar refractivity (Wildman–Crippen MR) is 118 cm³/mol. The van der Waals surface area contributed by atoms with Crippen LogP contribution in [0.5, 0.6) is 0 Å². The van der Waals surface area contributed by atoms with Crippen molar-refractivity contribution in [3.05, 3.63) is 76.6 Å². The molecule has 2 aromatic carbocycles. The molecule has 0 bridgehead atoms. The van der Waals surface area contributed by atoms with Gasteiger partial charge in [-0.25, -0.2) is 23.7 Å². The number of hydrogen-bond acceptors (Lipinski definition) is 7. The molecular weight excluding hydrogens is 416 g/mol. The van der Waals surface area contributed by atoms with E-state index in [0.29, 0.717) is 47.4 Å². The molecule has 8 nitrogen and oxygen atoms in total. The lowest BCUT2D eigenvalue weighted by molar-refractivity contribution is 0.620. The van der Waals surface area contributed by atoms with Crippen molar-refractivity contribution >= 4 is 28.2 Å². The van der Waals surface area contributed by atoms with Crippen LogP contribution in [0, 0.1) is 11.6 Å². The SMILES string of the molecule is CCC(Nc1ncnc2c1NCN2)c1nc2ccc(F)cc2c(=O)n1-c1cccc(F)c1. The Morgan fingerprint density at radius 3 is 2.78 bits per heavy atom. The van der Waals surface area contributed by atoms with Gasteiger partial charge in [-0.3, -0.25) is 9.36 Å². The molecule has 1 unspecified atom stereocenters. The highest BCUT2D eigenvalue weighted by molar-refractivity contribution is 5.81. The Bertz CT molecular complexity index is 1390. The third kappa shape index (κ3) is 3.39. The van der Waals surface area contributed by atoms with Gasteiger partial charge in [0.15, 0.2) is 11.6 Å². The average Bonchev–Trinajstić information content (AvgIpc) is 3.27. The molecule has 0 amide bonds. The molecule has 4 aromatic rings. The molecule has 0 aliphatic carbocycles. The first kappa shape index (κ1) is 19.9. The topological polar surface area (TPSA) is 96.8 Å². The van der Waals surface area contributed by atoms with E-state index in [2.05, 4.69) is 30.9 Å². The Kier molecular flexibility index (Phi) is 4.89. The summed E-state index contributed by atoms with van der Waals surface area (Å²) in [4.78, 5) is 26.6. The summed E-state index contributed by atoms with van der Waals surface area (Å²) < 4.78 is 29.2. The van der Waals surface area contributed by atoms with Gasteiger partial charge in [0.1, 0.15) is 29.5 Å². The minimum Gasteiger partial charge on any atom is -0.362 e. The normalized spacial score (nSPS) is 13.3. The van der Waals surface area contributed by atoms with E-state index in [4.69, 9.17) is 0 Å². The number of halogens is 2. The smallest absolute Gasteiger partial charge is 0.266 e. The number of rotatable bonds is 5. The fourth-order valence-electron chi connectivity index (χ4n) is 3.80. The summed E-state index contributed by atoms with van der Waals surface area (Å²) in [5, 5.41) is 9.72. The van der Waals surface area contributed by atoms with Crippen LogP contribution in [0.25, 0.3) is 16.6 Å². The molecule has 2 aromatic heterocycles. The Hall–Kier alpha value is -4.08. The second-order valence-electron chi connectivity index (χ2n) is 7.33. The first-order valence-electron chi connectivity index (χ1n) is 10.1. The van der Waals surface area contributed by atoms with E-state index < -0.39 is 23.2 Å². The molecule has 0 saturated heterocycles. The molecule has 32 heavy (non-hydrogen) atoms. The monoisotopic (exact) mass is 435 g/mol. The lowest BCUT2D eigenvalue weighted by Gasteiger charge is -2.23. The van der Waals surface area contributed by atoms with Gasteiger partial charge in [0.2, 0.25) is 0 Å². The van der Waals surface area contributed by atoms with Gasteiger partial charge in [0.05, 0.1) is 29.3 Å². The maximum Gasteiger partial charge on any atom is 0.266 e. The zero-order chi connectivity index (χ0) is 22.2. The summed E-state index contributed by atoms with van der Waals surface area (Å²) in [6.45, 7) is 2.45. The summed E-state index contributed by atoms with van der Waals surface area (Å²) >= 11 is 0. The van der Waals surface area contributed by atoms with Gasteiger partial charge in [0, 0.05) is 0 Å². The van der Waals surface area contributed by atoms with Gasteiger partial charge in [-0.2, -0.15) is 0 Å². The van der Waals surface area contributed by atoms with Crippen molar-refractivity contribution in [3.63, 3.8) is 0 Å². The fraction of sp³-hybridized carbons (Fsp3) is 0.182. The fourth-order valence-corrected chi connectivity index (χ4v) is 3.80. The highest BCUT2D eigenvalue weighted by atomic mass is 19.1. The second kappa shape index (κ2) is 7.88. The zero-order valence-corrected chi connectivity index (χ0v) is 17.1. The van der Waals surface area contributed by atoms with Crippen LogP contribution in [-0.4, -0.2) is 26.2 Å². The average molecular weight is 435 g/mol. The Morgan fingerprint density at radius 1 is 1.12 bits per heavy atom. The van der Waals surface area contributed by atoms with E-state index in [0.717, 1.165) is 6.07 Å². The molecule has 0 saturated carbocycles. The molecule has 0 radical (unpaired) electrons. The minimum absolute atomic E-state index is 0.113. The third-order valence-corrected chi connectivity index (χ3v) is 5.32. The minimum atomic E-state index is -0.546. The molecular formula is C22H19F2N7O. The molecule has 0 spiro atoms. The third-order valence-electron chi connectivity index (χ3n) is 5.32. The molecule has 3 heterocycles. The van der Waals surface area contributed by atoms with Gasteiger partial charge < -0.3 is 16.0 Å². The second-order valence-corrected chi connectivity index (χ2v) is 7.33. The molecule has 1 atom stereocenters. The quantitative estimate of drug-likeness (QED) is 0.439. The maximum atomic E-state index is 14.0. The number of fused-ring (bicyclic) bond motifs is 2. The molecule has 3 N–H and O–H groups in total. The van der Waals surface area contributed by atoms with Crippen molar-refractivity contribution in [2.24, 2.45) is 0 Å². The maximum absolute atomic E-state index is 14.0. The first-order valence-corrected chi connectivity index (χ1v) is 10.1. The molecule has 1 aliphatic heterocycles. The van der Waals surface area contributed by atoms with E-state index >= 15 is 0 Å². The molecule has 10 heteroatoms. The van der Waals surface area contributed by atoms with Crippen LogP contribution in [0.1, 0.15) is 25.2 Å². The summed E-state index contributed by atoms with van der Waals surface area (Å²) in [5.41, 5.74) is 0.889. The van der Waals surface area contributed by atoms with Crippen molar-refractivity contribution in [1.82, 2.24) is 19.5 Å². The Morgan fingerprint density at radius 2 is 1.97 bits per heavy atom. The van der Waals surface area contributed by atoms with E-state index in [1.807, 2.05) is 6.92 Å². The van der Waals surface area contributed by atoms with Gasteiger partial charge in [0.25, 0.3) is 5.56 Å². The molecule has 1 aliphatic rings. The molecule has 162 valence electrons. The van der Waals surface area contributed by atoms with Crippen molar-refractivity contribution in [2.75, 3.05) is 22.6 Å². The lowest BCUT2D eigenvalue weighted by Crippen LogP contribution is -2.28. The lowest BCUT2D eigenvalue weighted by atomic mass is 10.1. The summed E-state index contributed by atoms with van der Waals surface area (Å²) in [5.74, 6) is 0.535. The number of nitrogens with one attached hydrogen (secondary N) is 3. The van der Waals surface area contributed by atoms with Crippen LogP contribution in [0.4, 0.5) is 26.1 Å². The van der Waals surface area contributed by atoms with Gasteiger partial charge in [-0.15, -0.1) is 0 Å². The number of hydrogen-bond donors (Lipinski definition) is 3. The number of benzene rings is 2. The summed E-state index contributed by atoms with van der Waals surface area (Å²) in [6.07, 6.45) is 1.98. The van der Waals surface area contributed by atoms with Crippen LogP contribution in [0.15, 0.2) is 53.6 Å². The largest absolute Gasteiger partial charge is 0.362 e. The van der Waals surface area contributed by atoms with Crippen LogP contribution in [0.2, 0.25) is 0 Å². The standard InChI is InChI=1S/C22H19F2N7O/c1-2-16(29-20-18-19(26-10-25-18)27-11-28-20)21-30-17-7-6-13(24)9-15(17)22(32)31(21)14-5-3-4-12(23)8-14/h3-9,11,16,25H,2,10H2,1H3,(H2,26,27,28,29). The highest BCUT2D eigenvalue weighted by Gasteiger charge is 2.24. The number of nitrogens with zero attached hydrogens (tertiary/aromatic N) is 4.